The normalized spacial score (nSPS) is 11.0. The predicted molar refractivity (Wildman–Crippen MR) is 101 cm³/mol. The van der Waals surface area contributed by atoms with Crippen LogP contribution in [0.1, 0.15) is 21.5 Å². The van der Waals surface area contributed by atoms with Crippen molar-refractivity contribution in [1.82, 2.24) is 9.97 Å². The maximum absolute atomic E-state index is 13.7. The number of hydrogen-bond donors (Lipinski definition) is 2. The molecule has 0 aliphatic carbocycles. The molecule has 0 saturated heterocycles. The number of ketones is 1. The lowest BCUT2D eigenvalue weighted by atomic mass is 9.95. The van der Waals surface area contributed by atoms with Gasteiger partial charge in [-0.2, -0.15) is 0 Å². The molecule has 5 heteroatoms. The van der Waals surface area contributed by atoms with E-state index >= 15 is 0 Å². The van der Waals surface area contributed by atoms with E-state index in [0.29, 0.717) is 27.8 Å². The lowest BCUT2D eigenvalue weighted by molar-refractivity contribution is 0.103. The second-order valence-corrected chi connectivity index (χ2v) is 6.20. The molecule has 4 aromatic rings. The van der Waals surface area contributed by atoms with Gasteiger partial charge in [-0.1, -0.05) is 18.2 Å². The smallest absolute Gasteiger partial charge is 0.195 e. The largest absolute Gasteiger partial charge is 0.399 e. The number of fused-ring (bicyclic) bond motifs is 1. The van der Waals surface area contributed by atoms with Crippen LogP contribution in [0.4, 0.5) is 10.1 Å². The van der Waals surface area contributed by atoms with Gasteiger partial charge in [0.25, 0.3) is 0 Å². The lowest BCUT2D eigenvalue weighted by Gasteiger charge is -2.08. The Balaban J connectivity index is 1.95. The molecule has 0 unspecified atom stereocenters. The van der Waals surface area contributed by atoms with Gasteiger partial charge in [-0.25, -0.2) is 9.37 Å². The number of hydrogen-bond acceptors (Lipinski definition) is 3. The fourth-order valence-corrected chi connectivity index (χ4v) is 3.17. The van der Waals surface area contributed by atoms with Gasteiger partial charge in [-0.3, -0.25) is 4.79 Å². The van der Waals surface area contributed by atoms with Gasteiger partial charge in [-0.15, -0.1) is 0 Å². The minimum atomic E-state index is -0.437. The van der Waals surface area contributed by atoms with Crippen LogP contribution in [0.2, 0.25) is 0 Å². The van der Waals surface area contributed by atoms with E-state index in [4.69, 9.17) is 5.73 Å². The van der Waals surface area contributed by atoms with Crippen molar-refractivity contribution < 1.29 is 9.18 Å². The molecule has 3 N–H and O–H groups in total. The second kappa shape index (κ2) is 6.11. The van der Waals surface area contributed by atoms with Gasteiger partial charge < -0.3 is 10.7 Å². The zero-order valence-corrected chi connectivity index (χ0v) is 14.1. The molecule has 0 spiro atoms. The predicted octanol–water partition coefficient (Wildman–Crippen LogP) is 4.49. The number of nitrogens with one attached hydrogen (secondary N) is 1. The number of benzene rings is 2. The van der Waals surface area contributed by atoms with Crippen LogP contribution in [0.15, 0.2) is 60.9 Å². The summed E-state index contributed by atoms with van der Waals surface area (Å²) in [5, 5.41) is 0.701. The molecule has 4 nitrogen and oxygen atoms in total. The Labute approximate surface area is 149 Å². The average molecular weight is 345 g/mol. The Kier molecular flexibility index (Phi) is 3.77. The van der Waals surface area contributed by atoms with Crippen molar-refractivity contribution in [3.8, 4) is 11.1 Å². The molecule has 26 heavy (non-hydrogen) atoms. The highest BCUT2D eigenvalue weighted by Crippen LogP contribution is 2.32. The first-order valence-electron chi connectivity index (χ1n) is 8.17. The third kappa shape index (κ3) is 2.63. The molecule has 2 aromatic carbocycles. The summed E-state index contributed by atoms with van der Waals surface area (Å²) in [4.78, 5) is 20.5. The zero-order chi connectivity index (χ0) is 18.3. The van der Waals surface area contributed by atoms with Crippen molar-refractivity contribution in [3.63, 3.8) is 0 Å². The summed E-state index contributed by atoms with van der Waals surface area (Å²) >= 11 is 0. The SMILES string of the molecule is Cc1ccc(F)cc1C(=O)c1c[nH]c2nccc(-c3cccc(N)c3)c12. The summed E-state index contributed by atoms with van der Waals surface area (Å²) in [6.07, 6.45) is 3.30. The topological polar surface area (TPSA) is 71.8 Å². The average Bonchev–Trinajstić information content (AvgIpc) is 3.07. The molecule has 2 aromatic heterocycles. The van der Waals surface area contributed by atoms with Crippen molar-refractivity contribution in [2.75, 3.05) is 5.73 Å². The third-order valence-corrected chi connectivity index (χ3v) is 4.46. The zero-order valence-electron chi connectivity index (χ0n) is 14.1. The molecule has 0 atom stereocenters. The number of nitrogens with zero attached hydrogens (tertiary/aromatic N) is 1. The Morgan fingerprint density at radius 1 is 1.12 bits per heavy atom. The van der Waals surface area contributed by atoms with Crippen LogP contribution in [0.3, 0.4) is 0 Å². The number of aromatic amines is 1. The van der Waals surface area contributed by atoms with Crippen LogP contribution in [0.5, 0.6) is 0 Å². The van der Waals surface area contributed by atoms with Crippen molar-refractivity contribution >= 4 is 22.5 Å². The van der Waals surface area contributed by atoms with E-state index in [0.717, 1.165) is 16.7 Å². The third-order valence-electron chi connectivity index (χ3n) is 4.46. The number of carbonyl (C=O) groups is 1. The first-order valence-corrected chi connectivity index (χ1v) is 8.17. The Hall–Kier alpha value is -3.47. The molecule has 0 saturated carbocycles. The number of carbonyl (C=O) groups excluding carboxylic acids is 1. The number of H-pyrrole nitrogens is 1. The lowest BCUT2D eigenvalue weighted by Crippen LogP contribution is -2.04. The molecule has 128 valence electrons. The second-order valence-electron chi connectivity index (χ2n) is 6.20. The highest BCUT2D eigenvalue weighted by Gasteiger charge is 2.20. The Morgan fingerprint density at radius 2 is 1.96 bits per heavy atom. The van der Waals surface area contributed by atoms with Crippen molar-refractivity contribution in [2.45, 2.75) is 6.92 Å². The highest BCUT2D eigenvalue weighted by atomic mass is 19.1. The van der Waals surface area contributed by atoms with Crippen molar-refractivity contribution in [1.29, 1.82) is 0 Å². The molecule has 0 amide bonds. The number of aromatic nitrogens is 2. The molecule has 0 radical (unpaired) electrons. The van der Waals surface area contributed by atoms with E-state index in [1.165, 1.54) is 12.1 Å². The quantitative estimate of drug-likeness (QED) is 0.424. The number of pyridine rings is 1. The monoisotopic (exact) mass is 345 g/mol. The van der Waals surface area contributed by atoms with Crippen molar-refractivity contribution in [2.24, 2.45) is 0 Å². The molecular formula is C21H16FN3O. The first-order chi connectivity index (χ1) is 12.5. The summed E-state index contributed by atoms with van der Waals surface area (Å²) in [6.45, 7) is 1.79. The molecular weight excluding hydrogens is 329 g/mol. The number of nitrogens with two attached hydrogens (primary N) is 1. The minimum absolute atomic E-state index is 0.244. The Morgan fingerprint density at radius 3 is 2.77 bits per heavy atom. The minimum Gasteiger partial charge on any atom is -0.399 e. The van der Waals surface area contributed by atoms with Gasteiger partial charge in [0.2, 0.25) is 0 Å². The van der Waals surface area contributed by atoms with Gasteiger partial charge >= 0.3 is 0 Å². The molecule has 0 bridgehead atoms. The highest BCUT2D eigenvalue weighted by molar-refractivity contribution is 6.19. The van der Waals surface area contributed by atoms with E-state index in [1.807, 2.05) is 24.3 Å². The summed E-state index contributed by atoms with van der Waals surface area (Å²) in [5.41, 5.74) is 10.4. The number of aryl methyl sites for hydroxylation is 1. The summed E-state index contributed by atoms with van der Waals surface area (Å²) in [6, 6.07) is 13.5. The van der Waals surface area contributed by atoms with E-state index in [9.17, 15) is 9.18 Å². The molecule has 0 aliphatic rings. The molecule has 4 rings (SSSR count). The fraction of sp³-hybridized carbons (Fsp3) is 0.0476. The molecule has 0 fully saturated rings. The van der Waals surface area contributed by atoms with E-state index in [2.05, 4.69) is 9.97 Å². The summed E-state index contributed by atoms with van der Waals surface area (Å²) in [5.74, 6) is -0.681. The molecule has 0 aliphatic heterocycles. The van der Waals surface area contributed by atoms with Crippen LogP contribution in [-0.2, 0) is 0 Å². The van der Waals surface area contributed by atoms with Gasteiger partial charge in [0, 0.05) is 29.0 Å². The van der Waals surface area contributed by atoms with Crippen LogP contribution in [0, 0.1) is 12.7 Å². The summed E-state index contributed by atoms with van der Waals surface area (Å²) in [7, 11) is 0. The molecule has 2 heterocycles. The van der Waals surface area contributed by atoms with Crippen LogP contribution >= 0.6 is 0 Å². The van der Waals surface area contributed by atoms with Gasteiger partial charge in [-0.05, 0) is 53.9 Å². The number of anilines is 1. The summed E-state index contributed by atoms with van der Waals surface area (Å²) < 4.78 is 13.7. The van der Waals surface area contributed by atoms with Crippen LogP contribution < -0.4 is 5.73 Å². The first kappa shape index (κ1) is 16.0. The van der Waals surface area contributed by atoms with Crippen LogP contribution in [0.25, 0.3) is 22.2 Å². The number of rotatable bonds is 3. The van der Waals surface area contributed by atoms with Gasteiger partial charge in [0.15, 0.2) is 5.78 Å². The maximum Gasteiger partial charge on any atom is 0.195 e. The van der Waals surface area contributed by atoms with Crippen LogP contribution in [-0.4, -0.2) is 15.8 Å². The Bertz CT molecular complexity index is 1150. The van der Waals surface area contributed by atoms with E-state index in [1.54, 1.807) is 31.5 Å². The van der Waals surface area contributed by atoms with Gasteiger partial charge in [0.1, 0.15) is 11.5 Å². The number of halogens is 1. The number of nitrogen functional groups attached to an aromatic ring is 1. The van der Waals surface area contributed by atoms with Crippen molar-refractivity contribution in [3.05, 3.63) is 83.4 Å². The standard InChI is InChI=1S/C21H16FN3O/c1-12-5-6-14(22)10-17(12)20(26)18-11-25-21-19(18)16(7-8-24-21)13-3-2-4-15(23)9-13/h2-11H,23H2,1H3,(H,24,25). The van der Waals surface area contributed by atoms with E-state index < -0.39 is 5.82 Å². The fourth-order valence-electron chi connectivity index (χ4n) is 3.17. The van der Waals surface area contributed by atoms with Gasteiger partial charge in [0.05, 0.1) is 5.56 Å². The maximum atomic E-state index is 13.7. The van der Waals surface area contributed by atoms with E-state index in [-0.39, 0.29) is 5.78 Å².